The van der Waals surface area contributed by atoms with Crippen molar-refractivity contribution in [3.63, 3.8) is 0 Å². The first kappa shape index (κ1) is 22.5. The van der Waals surface area contributed by atoms with Crippen molar-refractivity contribution in [3.05, 3.63) is 106 Å². The van der Waals surface area contributed by atoms with Crippen molar-refractivity contribution in [2.24, 2.45) is 0 Å². The molecule has 0 unspecified atom stereocenters. The number of aromatic nitrogens is 2. The van der Waals surface area contributed by atoms with Crippen LogP contribution in [-0.4, -0.2) is 26.1 Å². The fraction of sp³-hybridized carbons (Fsp3) is 0.138. The maximum Gasteiger partial charge on any atom is 0.230 e. The number of aliphatic hydroxyl groups excluding tert-OH is 1. The Kier molecular flexibility index (Phi) is 6.37. The van der Waals surface area contributed by atoms with Crippen molar-refractivity contribution in [1.82, 2.24) is 9.97 Å². The van der Waals surface area contributed by atoms with Gasteiger partial charge in [-0.25, -0.2) is 9.97 Å². The number of hydrogen-bond acceptors (Lipinski definition) is 5. The average molecular weight is 464 g/mol. The van der Waals surface area contributed by atoms with Crippen molar-refractivity contribution in [2.75, 3.05) is 5.32 Å². The van der Waals surface area contributed by atoms with Crippen LogP contribution >= 0.6 is 0 Å². The number of nitrogens with zero attached hydrogens (tertiary/aromatic N) is 2. The van der Waals surface area contributed by atoms with Gasteiger partial charge in [0, 0.05) is 5.56 Å². The van der Waals surface area contributed by atoms with Gasteiger partial charge in [-0.3, -0.25) is 4.79 Å². The second-order valence-corrected chi connectivity index (χ2v) is 8.54. The van der Waals surface area contributed by atoms with E-state index in [0.29, 0.717) is 17.9 Å². The molecule has 174 valence electrons. The van der Waals surface area contributed by atoms with Gasteiger partial charge in [0.25, 0.3) is 0 Å². The molecule has 0 spiro atoms. The van der Waals surface area contributed by atoms with Gasteiger partial charge >= 0.3 is 0 Å². The van der Waals surface area contributed by atoms with E-state index in [0.717, 1.165) is 45.6 Å². The third-order valence-corrected chi connectivity index (χ3v) is 6.03. The van der Waals surface area contributed by atoms with Crippen LogP contribution < -0.4 is 5.32 Å². The monoisotopic (exact) mass is 463 g/mol. The number of rotatable bonds is 6. The second-order valence-electron chi connectivity index (χ2n) is 8.54. The molecule has 6 nitrogen and oxygen atoms in total. The molecule has 1 heterocycles. The van der Waals surface area contributed by atoms with Gasteiger partial charge in [0.05, 0.1) is 24.4 Å². The number of phenolic OH excluding ortho intramolecular Hbond substituents is 1. The van der Waals surface area contributed by atoms with E-state index in [1.165, 1.54) is 0 Å². The number of carbonyl (C=O) groups excluding carboxylic acids is 1. The van der Waals surface area contributed by atoms with Crippen LogP contribution in [0.3, 0.4) is 0 Å². The highest BCUT2D eigenvalue weighted by atomic mass is 16.3. The van der Waals surface area contributed by atoms with Crippen LogP contribution in [-0.2, 0) is 30.7 Å². The van der Waals surface area contributed by atoms with Crippen molar-refractivity contribution in [1.29, 1.82) is 0 Å². The summed E-state index contributed by atoms with van der Waals surface area (Å²) < 4.78 is 0. The minimum absolute atomic E-state index is 0.00286. The number of hydrogen-bond donors (Lipinski definition) is 3. The van der Waals surface area contributed by atoms with E-state index in [9.17, 15) is 15.0 Å². The van der Waals surface area contributed by atoms with Gasteiger partial charge in [0.1, 0.15) is 11.4 Å². The van der Waals surface area contributed by atoms with E-state index in [2.05, 4.69) is 5.32 Å². The third kappa shape index (κ3) is 5.13. The minimum atomic E-state index is -0.205. The molecule has 0 atom stereocenters. The molecule has 0 radical (unpaired) electrons. The summed E-state index contributed by atoms with van der Waals surface area (Å²) >= 11 is 0. The number of nitrogens with one attached hydrogen (secondary N) is 1. The Bertz CT molecular complexity index is 1400. The van der Waals surface area contributed by atoms with Crippen LogP contribution in [0.15, 0.2) is 72.8 Å². The molecule has 5 rings (SSSR count). The van der Waals surface area contributed by atoms with Crippen LogP contribution in [0.5, 0.6) is 5.75 Å². The van der Waals surface area contributed by atoms with Crippen LogP contribution in [0, 0.1) is 0 Å². The number of aromatic hydroxyl groups is 1. The Balaban J connectivity index is 1.50. The highest BCUT2D eigenvalue weighted by molar-refractivity contribution is 5.94. The maximum atomic E-state index is 12.8. The molecule has 6 heteroatoms. The van der Waals surface area contributed by atoms with Crippen molar-refractivity contribution >= 4 is 23.9 Å². The highest BCUT2D eigenvalue weighted by Crippen LogP contribution is 2.34. The fourth-order valence-electron chi connectivity index (χ4n) is 4.23. The largest absolute Gasteiger partial charge is 0.508 e. The fourth-order valence-corrected chi connectivity index (χ4v) is 4.23. The molecule has 0 saturated carbocycles. The quantitative estimate of drug-likeness (QED) is 0.382. The summed E-state index contributed by atoms with van der Waals surface area (Å²) in [6, 6.07) is 22.4. The van der Waals surface area contributed by atoms with Gasteiger partial charge in [-0.05, 0) is 53.3 Å². The average Bonchev–Trinajstić information content (AvgIpc) is 2.89. The number of aryl methyl sites for hydroxylation is 2. The molecule has 0 fully saturated rings. The minimum Gasteiger partial charge on any atom is -0.508 e. The first-order valence-electron chi connectivity index (χ1n) is 11.5. The molecule has 3 aromatic carbocycles. The molecule has 0 saturated heterocycles. The predicted octanol–water partition coefficient (Wildman–Crippen LogP) is 4.79. The molecule has 35 heavy (non-hydrogen) atoms. The van der Waals surface area contributed by atoms with Gasteiger partial charge < -0.3 is 15.5 Å². The number of benzene rings is 3. The smallest absolute Gasteiger partial charge is 0.230 e. The summed E-state index contributed by atoms with van der Waals surface area (Å²) in [5.41, 5.74) is 7.05. The molecule has 4 aromatic rings. The Labute approximate surface area is 203 Å². The van der Waals surface area contributed by atoms with Gasteiger partial charge in [0.2, 0.25) is 5.91 Å². The number of fused-ring (bicyclic) bond motifs is 3. The Morgan fingerprint density at radius 1 is 0.914 bits per heavy atom. The van der Waals surface area contributed by atoms with Gasteiger partial charge in [-0.1, -0.05) is 66.7 Å². The summed E-state index contributed by atoms with van der Waals surface area (Å²) in [6.07, 6.45) is 5.48. The summed E-state index contributed by atoms with van der Waals surface area (Å²) in [7, 11) is 0. The molecule has 1 amide bonds. The van der Waals surface area contributed by atoms with E-state index in [1.807, 2.05) is 60.7 Å². The summed E-state index contributed by atoms with van der Waals surface area (Å²) in [6.45, 7) is 0.00286. The molecule has 0 aliphatic heterocycles. The highest BCUT2D eigenvalue weighted by Gasteiger charge is 2.22. The first-order valence-corrected chi connectivity index (χ1v) is 11.5. The molecule has 0 bridgehead atoms. The van der Waals surface area contributed by atoms with Crippen LogP contribution in [0.1, 0.15) is 33.6 Å². The normalized spacial score (nSPS) is 12.3. The molecular weight excluding hydrogens is 438 g/mol. The number of phenols is 1. The topological polar surface area (TPSA) is 95.3 Å². The number of amides is 1. The predicted molar refractivity (Wildman–Crippen MR) is 137 cm³/mol. The molecule has 1 aliphatic carbocycles. The Morgan fingerprint density at radius 3 is 2.46 bits per heavy atom. The zero-order valence-corrected chi connectivity index (χ0v) is 19.1. The molecule has 1 aliphatic rings. The summed E-state index contributed by atoms with van der Waals surface area (Å²) in [5.74, 6) is 0.382. The van der Waals surface area contributed by atoms with Crippen molar-refractivity contribution in [2.45, 2.75) is 25.9 Å². The first-order chi connectivity index (χ1) is 17.1. The van der Waals surface area contributed by atoms with Gasteiger partial charge in [-0.15, -0.1) is 0 Å². The molecule has 1 aromatic heterocycles. The Morgan fingerprint density at radius 2 is 1.69 bits per heavy atom. The lowest BCUT2D eigenvalue weighted by atomic mass is 9.90. The van der Waals surface area contributed by atoms with E-state index >= 15 is 0 Å². The second kappa shape index (κ2) is 9.91. The molecule has 3 N–H and O–H groups in total. The molecular formula is C29H25N3O3. The maximum absolute atomic E-state index is 12.8. The lowest BCUT2D eigenvalue weighted by Gasteiger charge is -2.21. The lowest BCUT2D eigenvalue weighted by molar-refractivity contribution is -0.115. The van der Waals surface area contributed by atoms with Crippen LogP contribution in [0.2, 0.25) is 0 Å². The standard InChI is InChI=1S/C29H25N3O3/c33-18-21-8-13-24-22(16-21)10-15-25-28(24)30-26(14-9-19-4-2-1-3-5-19)29(31-25)32-27(35)17-20-6-11-23(34)12-7-20/h1-9,11-14,16,33-34H,10,15,17-18H2,(H,31,32,35). The zero-order valence-electron chi connectivity index (χ0n) is 19.1. The Hall–Kier alpha value is -4.29. The zero-order chi connectivity index (χ0) is 24.2. The van der Waals surface area contributed by atoms with E-state index in [1.54, 1.807) is 24.3 Å². The summed E-state index contributed by atoms with van der Waals surface area (Å²) in [5, 5.41) is 21.9. The number of anilines is 1. The van der Waals surface area contributed by atoms with E-state index in [-0.39, 0.29) is 24.7 Å². The number of carbonyl (C=O) groups is 1. The van der Waals surface area contributed by atoms with Gasteiger partial charge in [0.15, 0.2) is 5.82 Å². The number of aliphatic hydroxyl groups is 1. The van der Waals surface area contributed by atoms with E-state index in [4.69, 9.17) is 9.97 Å². The van der Waals surface area contributed by atoms with E-state index < -0.39 is 0 Å². The third-order valence-electron chi connectivity index (χ3n) is 6.03. The van der Waals surface area contributed by atoms with Crippen LogP contribution in [0.25, 0.3) is 23.4 Å². The van der Waals surface area contributed by atoms with Crippen molar-refractivity contribution in [3.8, 4) is 17.0 Å². The SMILES string of the molecule is O=C(Cc1ccc(O)cc1)Nc1nc2c(nc1C=Cc1ccccc1)-c1ccc(CO)cc1CC2. The lowest BCUT2D eigenvalue weighted by Crippen LogP contribution is -2.19. The van der Waals surface area contributed by atoms with Crippen LogP contribution in [0.4, 0.5) is 5.82 Å². The van der Waals surface area contributed by atoms with Crippen molar-refractivity contribution < 1.29 is 15.0 Å². The van der Waals surface area contributed by atoms with Gasteiger partial charge in [-0.2, -0.15) is 0 Å². The summed E-state index contributed by atoms with van der Waals surface area (Å²) in [4.78, 5) is 22.6.